The van der Waals surface area contributed by atoms with Crippen LogP contribution in [0.15, 0.2) is 24.3 Å². The van der Waals surface area contributed by atoms with Crippen LogP contribution in [0.25, 0.3) is 0 Å². The van der Waals surface area contributed by atoms with E-state index < -0.39 is 12.0 Å². The van der Waals surface area contributed by atoms with Crippen LogP contribution in [0.5, 0.6) is 5.75 Å². The van der Waals surface area contributed by atoms with E-state index in [4.69, 9.17) is 4.74 Å². The molecule has 0 aromatic heterocycles. The second kappa shape index (κ2) is 7.31. The predicted octanol–water partition coefficient (Wildman–Crippen LogP) is 1.34. The number of aliphatic hydroxyl groups is 1. The van der Waals surface area contributed by atoms with E-state index in [1.807, 2.05) is 17.0 Å². The molecule has 3 atom stereocenters. The summed E-state index contributed by atoms with van der Waals surface area (Å²) in [6, 6.07) is 6.79. The summed E-state index contributed by atoms with van der Waals surface area (Å²) in [6.07, 6.45) is -1.34. The molecule has 0 radical (unpaired) electrons. The van der Waals surface area contributed by atoms with E-state index in [0.29, 0.717) is 32.8 Å². The van der Waals surface area contributed by atoms with Crippen molar-refractivity contribution in [3.05, 3.63) is 29.8 Å². The average Bonchev–Trinajstić information content (AvgIpc) is 2.89. The van der Waals surface area contributed by atoms with Crippen molar-refractivity contribution in [2.75, 3.05) is 26.2 Å². The fourth-order valence-electron chi connectivity index (χ4n) is 3.24. The van der Waals surface area contributed by atoms with Gasteiger partial charge in [0.05, 0.1) is 24.9 Å². The lowest BCUT2D eigenvalue weighted by molar-refractivity contribution is -0.0674. The number of hydrogen-bond acceptors (Lipinski definition) is 5. The van der Waals surface area contributed by atoms with Crippen molar-refractivity contribution in [3.63, 3.8) is 0 Å². The zero-order valence-corrected chi connectivity index (χ0v) is 13.5. The van der Waals surface area contributed by atoms with E-state index in [9.17, 15) is 19.0 Å². The molecule has 2 fully saturated rings. The Kier molecular flexibility index (Phi) is 5.34. The number of nitrogens with one attached hydrogen (secondary N) is 1. The van der Waals surface area contributed by atoms with E-state index in [1.54, 1.807) is 12.1 Å². The summed E-state index contributed by atoms with van der Waals surface area (Å²) in [5.41, 5.74) is 0.756. The van der Waals surface area contributed by atoms with Crippen LogP contribution in [0, 0.1) is 0 Å². The molecule has 134 valence electrons. The Bertz CT molecular complexity index is 548. The van der Waals surface area contributed by atoms with E-state index in [-0.39, 0.29) is 30.7 Å². The fourth-order valence-corrected chi connectivity index (χ4v) is 3.24. The Morgan fingerprint density at radius 2 is 1.96 bits per heavy atom. The van der Waals surface area contributed by atoms with Gasteiger partial charge in [-0.05, 0) is 6.07 Å². The van der Waals surface area contributed by atoms with Gasteiger partial charge in [-0.2, -0.15) is 0 Å². The summed E-state index contributed by atoms with van der Waals surface area (Å²) in [4.78, 5) is 1.93. The van der Waals surface area contributed by atoms with E-state index in [0.717, 1.165) is 5.56 Å². The molecule has 0 bridgehead atoms. The SMILES string of the molecule is Oc1ccccc1CN[C@H]1CO[C@@H](CN2CCC(F)(F)CC2)[C@@H]1O. The maximum absolute atomic E-state index is 13.2. The van der Waals surface area contributed by atoms with E-state index >= 15 is 0 Å². The van der Waals surface area contributed by atoms with E-state index in [2.05, 4.69) is 5.32 Å². The number of piperidine rings is 1. The number of likely N-dealkylation sites (tertiary alicyclic amines) is 1. The molecular weight excluding hydrogens is 318 g/mol. The highest BCUT2D eigenvalue weighted by Crippen LogP contribution is 2.28. The molecule has 7 heteroatoms. The van der Waals surface area contributed by atoms with Gasteiger partial charge in [0, 0.05) is 44.6 Å². The molecule has 5 nitrogen and oxygen atoms in total. The Balaban J connectivity index is 1.47. The summed E-state index contributed by atoms with van der Waals surface area (Å²) in [5, 5.41) is 23.4. The van der Waals surface area contributed by atoms with Crippen LogP contribution in [0.1, 0.15) is 18.4 Å². The van der Waals surface area contributed by atoms with Gasteiger partial charge >= 0.3 is 0 Å². The molecule has 0 saturated carbocycles. The number of aromatic hydroxyl groups is 1. The van der Waals surface area contributed by atoms with Gasteiger partial charge in [-0.1, -0.05) is 18.2 Å². The average molecular weight is 342 g/mol. The van der Waals surface area contributed by atoms with Crippen molar-refractivity contribution < 1.29 is 23.7 Å². The lowest BCUT2D eigenvalue weighted by Gasteiger charge is -2.33. The van der Waals surface area contributed by atoms with Crippen LogP contribution in [0.2, 0.25) is 0 Å². The first kappa shape index (κ1) is 17.5. The number of hydrogen-bond donors (Lipinski definition) is 3. The standard InChI is InChI=1S/C17H24F2N2O3/c18-17(19)5-7-21(8-6-17)10-15-16(23)13(11-24-15)20-9-12-3-1-2-4-14(12)22/h1-4,13,15-16,20,22-23H,5-11H2/t13-,15-,16+/m0/s1. The van der Waals surface area contributed by atoms with Crippen LogP contribution >= 0.6 is 0 Å². The third-order valence-corrected chi connectivity index (χ3v) is 4.86. The topological polar surface area (TPSA) is 65.0 Å². The van der Waals surface area contributed by atoms with Gasteiger partial charge in [0.25, 0.3) is 5.92 Å². The van der Waals surface area contributed by atoms with Crippen molar-refractivity contribution in [3.8, 4) is 5.75 Å². The normalized spacial score (nSPS) is 30.5. The monoisotopic (exact) mass is 342 g/mol. The minimum atomic E-state index is -2.56. The van der Waals surface area contributed by atoms with Gasteiger partial charge in [-0.3, -0.25) is 0 Å². The first-order valence-corrected chi connectivity index (χ1v) is 8.35. The zero-order valence-electron chi connectivity index (χ0n) is 13.5. The van der Waals surface area contributed by atoms with Gasteiger partial charge in [0.1, 0.15) is 5.75 Å². The summed E-state index contributed by atoms with van der Waals surface area (Å²) in [6.45, 7) is 1.92. The highest BCUT2D eigenvalue weighted by atomic mass is 19.3. The fraction of sp³-hybridized carbons (Fsp3) is 0.647. The molecule has 0 spiro atoms. The molecule has 0 unspecified atom stereocenters. The van der Waals surface area contributed by atoms with Crippen molar-refractivity contribution in [1.29, 1.82) is 0 Å². The van der Waals surface area contributed by atoms with Gasteiger partial charge in [-0.15, -0.1) is 0 Å². The van der Waals surface area contributed by atoms with Crippen molar-refractivity contribution in [2.24, 2.45) is 0 Å². The Hall–Kier alpha value is -1.28. The highest BCUT2D eigenvalue weighted by Gasteiger charge is 2.39. The molecule has 0 amide bonds. The minimum absolute atomic E-state index is 0.134. The molecule has 3 rings (SSSR count). The van der Waals surface area contributed by atoms with Crippen LogP contribution in [0.3, 0.4) is 0 Å². The third kappa shape index (κ3) is 4.22. The van der Waals surface area contributed by atoms with Crippen molar-refractivity contribution >= 4 is 0 Å². The number of aliphatic hydroxyl groups excluding tert-OH is 1. The summed E-state index contributed by atoms with van der Waals surface area (Å²) in [7, 11) is 0. The second-order valence-electron chi connectivity index (χ2n) is 6.64. The highest BCUT2D eigenvalue weighted by molar-refractivity contribution is 5.31. The number of phenolic OH excluding ortho intramolecular Hbond substituents is 1. The zero-order chi connectivity index (χ0) is 17.2. The number of halogens is 2. The maximum Gasteiger partial charge on any atom is 0.250 e. The third-order valence-electron chi connectivity index (χ3n) is 4.86. The maximum atomic E-state index is 13.2. The number of para-hydroxylation sites is 1. The molecule has 3 N–H and O–H groups in total. The van der Waals surface area contributed by atoms with Gasteiger partial charge in [0.2, 0.25) is 0 Å². The summed E-state index contributed by atoms with van der Waals surface area (Å²) in [5.74, 6) is -2.35. The Labute approximate surface area is 140 Å². The smallest absolute Gasteiger partial charge is 0.250 e. The molecule has 0 aliphatic carbocycles. The second-order valence-corrected chi connectivity index (χ2v) is 6.64. The van der Waals surface area contributed by atoms with Crippen molar-refractivity contribution in [1.82, 2.24) is 10.2 Å². The predicted molar refractivity (Wildman–Crippen MR) is 85.1 cm³/mol. The van der Waals surface area contributed by atoms with Gasteiger partial charge < -0.3 is 25.2 Å². The lowest BCUT2D eigenvalue weighted by Crippen LogP contribution is -2.47. The molecule has 2 aliphatic rings. The molecule has 2 aliphatic heterocycles. The van der Waals surface area contributed by atoms with Crippen molar-refractivity contribution in [2.45, 2.75) is 43.6 Å². The summed E-state index contributed by atoms with van der Waals surface area (Å²) < 4.78 is 32.0. The van der Waals surface area contributed by atoms with E-state index in [1.165, 1.54) is 0 Å². The largest absolute Gasteiger partial charge is 0.508 e. The number of alkyl halides is 2. The molecule has 2 heterocycles. The number of rotatable bonds is 5. The molecular formula is C17H24F2N2O3. The lowest BCUT2D eigenvalue weighted by atomic mass is 10.0. The van der Waals surface area contributed by atoms with Crippen LogP contribution in [0.4, 0.5) is 8.78 Å². The summed E-state index contributed by atoms with van der Waals surface area (Å²) >= 11 is 0. The number of nitrogens with zero attached hydrogens (tertiary/aromatic N) is 1. The molecule has 2 saturated heterocycles. The van der Waals surface area contributed by atoms with Gasteiger partial charge in [0.15, 0.2) is 0 Å². The minimum Gasteiger partial charge on any atom is -0.508 e. The molecule has 1 aromatic rings. The van der Waals surface area contributed by atoms with Crippen LogP contribution in [-0.2, 0) is 11.3 Å². The van der Waals surface area contributed by atoms with Gasteiger partial charge in [-0.25, -0.2) is 8.78 Å². The molecule has 24 heavy (non-hydrogen) atoms. The Morgan fingerprint density at radius 1 is 1.25 bits per heavy atom. The first-order valence-electron chi connectivity index (χ1n) is 8.35. The van der Waals surface area contributed by atoms with Crippen LogP contribution in [-0.4, -0.2) is 65.5 Å². The quantitative estimate of drug-likeness (QED) is 0.754. The first-order chi connectivity index (χ1) is 11.4. The van der Waals surface area contributed by atoms with Crippen LogP contribution < -0.4 is 5.32 Å². The number of phenols is 1. The number of ether oxygens (including phenoxy) is 1. The number of benzene rings is 1. The molecule has 1 aromatic carbocycles. The Morgan fingerprint density at radius 3 is 2.67 bits per heavy atom.